The summed E-state index contributed by atoms with van der Waals surface area (Å²) in [6.07, 6.45) is 2.36. The Balaban J connectivity index is 1.88. The largest absolute Gasteiger partial charge is 0.324 e. The number of nitrogens with one attached hydrogen (secondary N) is 2. The van der Waals surface area contributed by atoms with Gasteiger partial charge in [0.15, 0.2) is 0 Å². The third-order valence-electron chi connectivity index (χ3n) is 3.69. The first-order valence-corrected chi connectivity index (χ1v) is 7.96. The normalized spacial score (nSPS) is 19.5. The van der Waals surface area contributed by atoms with E-state index in [0.29, 0.717) is 28.2 Å². The van der Waals surface area contributed by atoms with Crippen LogP contribution in [-0.2, 0) is 4.79 Å². The van der Waals surface area contributed by atoms with Gasteiger partial charge in [0.2, 0.25) is 5.91 Å². The summed E-state index contributed by atoms with van der Waals surface area (Å²) < 4.78 is 0. The van der Waals surface area contributed by atoms with Crippen molar-refractivity contribution in [3.8, 4) is 0 Å². The van der Waals surface area contributed by atoms with Gasteiger partial charge < -0.3 is 10.6 Å². The molecule has 1 aromatic carbocycles. The monoisotopic (exact) mass is 329 g/mol. The van der Waals surface area contributed by atoms with Crippen LogP contribution in [0.25, 0.3) is 0 Å². The number of amides is 1. The summed E-state index contributed by atoms with van der Waals surface area (Å²) in [4.78, 5) is 14.3. The highest BCUT2D eigenvalue weighted by atomic mass is 35.5. The van der Waals surface area contributed by atoms with Crippen LogP contribution in [0.5, 0.6) is 0 Å². The van der Waals surface area contributed by atoms with Crippen LogP contribution in [0.15, 0.2) is 18.2 Å². The van der Waals surface area contributed by atoms with Crippen molar-refractivity contribution in [3.63, 3.8) is 0 Å². The van der Waals surface area contributed by atoms with Gasteiger partial charge in [-0.25, -0.2) is 0 Å². The standard InChI is InChI=1S/C15H21Cl2N3O/c1-18-8-11-4-3-7-20(9-11)10-14(21)19-13-6-2-5-12(16)15(13)17/h2,5-6,11,18H,3-4,7-10H2,1H3,(H,19,21). The fraction of sp³-hybridized carbons (Fsp3) is 0.533. The molecular weight excluding hydrogens is 309 g/mol. The van der Waals surface area contributed by atoms with Gasteiger partial charge in [-0.15, -0.1) is 0 Å². The molecule has 1 aromatic rings. The van der Waals surface area contributed by atoms with Crippen molar-refractivity contribution in [3.05, 3.63) is 28.2 Å². The van der Waals surface area contributed by atoms with Crippen molar-refractivity contribution in [1.29, 1.82) is 0 Å². The molecule has 0 saturated carbocycles. The highest BCUT2D eigenvalue weighted by molar-refractivity contribution is 6.43. The highest BCUT2D eigenvalue weighted by Gasteiger charge is 2.21. The van der Waals surface area contributed by atoms with Crippen molar-refractivity contribution in [2.24, 2.45) is 5.92 Å². The number of halogens is 2. The lowest BCUT2D eigenvalue weighted by Crippen LogP contribution is -2.42. The molecule has 1 amide bonds. The topological polar surface area (TPSA) is 44.4 Å². The molecule has 1 aliphatic rings. The predicted molar refractivity (Wildman–Crippen MR) is 88.2 cm³/mol. The fourth-order valence-corrected chi connectivity index (χ4v) is 3.09. The number of nitrogens with zero attached hydrogens (tertiary/aromatic N) is 1. The van der Waals surface area contributed by atoms with Gasteiger partial charge in [-0.3, -0.25) is 9.69 Å². The molecule has 0 spiro atoms. The molecule has 116 valence electrons. The minimum absolute atomic E-state index is 0.0516. The lowest BCUT2D eigenvalue weighted by atomic mass is 9.98. The van der Waals surface area contributed by atoms with Crippen LogP contribution in [0.2, 0.25) is 10.0 Å². The Bertz CT molecular complexity index is 494. The molecule has 0 aliphatic carbocycles. The second-order valence-corrected chi connectivity index (χ2v) is 6.24. The van der Waals surface area contributed by atoms with Crippen LogP contribution in [0, 0.1) is 5.92 Å². The summed E-state index contributed by atoms with van der Waals surface area (Å²) in [5.74, 6) is 0.565. The van der Waals surface area contributed by atoms with Gasteiger partial charge in [-0.1, -0.05) is 29.3 Å². The molecule has 0 bridgehead atoms. The fourth-order valence-electron chi connectivity index (χ4n) is 2.74. The summed E-state index contributed by atoms with van der Waals surface area (Å²) >= 11 is 12.0. The number of anilines is 1. The molecule has 6 heteroatoms. The van der Waals surface area contributed by atoms with Crippen molar-refractivity contribution < 1.29 is 4.79 Å². The number of piperidine rings is 1. The van der Waals surface area contributed by atoms with Gasteiger partial charge in [-0.05, 0) is 51.0 Å². The third-order valence-corrected chi connectivity index (χ3v) is 4.51. The first-order chi connectivity index (χ1) is 10.1. The Kier molecular flexibility index (Phi) is 6.30. The van der Waals surface area contributed by atoms with Gasteiger partial charge in [-0.2, -0.15) is 0 Å². The predicted octanol–water partition coefficient (Wildman–Crippen LogP) is 2.86. The average Bonchev–Trinajstić information content (AvgIpc) is 2.44. The zero-order valence-corrected chi connectivity index (χ0v) is 13.7. The second kappa shape index (κ2) is 7.99. The number of likely N-dealkylation sites (tertiary alicyclic amines) is 1. The Morgan fingerprint density at radius 3 is 3.00 bits per heavy atom. The van der Waals surface area contributed by atoms with E-state index >= 15 is 0 Å². The van der Waals surface area contributed by atoms with Crippen LogP contribution in [0.4, 0.5) is 5.69 Å². The van der Waals surface area contributed by atoms with Crippen LogP contribution in [0.3, 0.4) is 0 Å². The Morgan fingerprint density at radius 1 is 1.43 bits per heavy atom. The Morgan fingerprint density at radius 2 is 2.24 bits per heavy atom. The van der Waals surface area contributed by atoms with Crippen molar-refractivity contribution in [1.82, 2.24) is 10.2 Å². The first-order valence-electron chi connectivity index (χ1n) is 7.21. The number of carbonyl (C=O) groups excluding carboxylic acids is 1. The van der Waals surface area contributed by atoms with Crippen molar-refractivity contribution in [2.75, 3.05) is 38.5 Å². The molecule has 1 atom stereocenters. The van der Waals surface area contributed by atoms with Crippen molar-refractivity contribution >= 4 is 34.8 Å². The van der Waals surface area contributed by atoms with Crippen LogP contribution >= 0.6 is 23.2 Å². The molecule has 1 unspecified atom stereocenters. The van der Waals surface area contributed by atoms with E-state index in [4.69, 9.17) is 23.2 Å². The highest BCUT2D eigenvalue weighted by Crippen LogP contribution is 2.29. The van der Waals surface area contributed by atoms with Gasteiger partial charge >= 0.3 is 0 Å². The zero-order chi connectivity index (χ0) is 15.2. The van der Waals surface area contributed by atoms with E-state index in [1.54, 1.807) is 18.2 Å². The molecule has 0 radical (unpaired) electrons. The smallest absolute Gasteiger partial charge is 0.238 e. The van der Waals surface area contributed by atoms with E-state index in [-0.39, 0.29) is 5.91 Å². The van der Waals surface area contributed by atoms with Gasteiger partial charge in [0.25, 0.3) is 0 Å². The van der Waals surface area contributed by atoms with E-state index in [1.807, 2.05) is 7.05 Å². The van der Waals surface area contributed by atoms with Gasteiger partial charge in [0.1, 0.15) is 0 Å². The molecule has 2 N–H and O–H groups in total. The van der Waals surface area contributed by atoms with E-state index in [1.165, 1.54) is 6.42 Å². The third kappa shape index (κ3) is 4.85. The van der Waals surface area contributed by atoms with Gasteiger partial charge in [0, 0.05) is 6.54 Å². The summed E-state index contributed by atoms with van der Waals surface area (Å²) in [6, 6.07) is 5.23. The Hall–Kier alpha value is -0.810. The van der Waals surface area contributed by atoms with Crippen LogP contribution in [0.1, 0.15) is 12.8 Å². The summed E-state index contributed by atoms with van der Waals surface area (Å²) in [7, 11) is 1.97. The second-order valence-electron chi connectivity index (χ2n) is 5.45. The van der Waals surface area contributed by atoms with Crippen molar-refractivity contribution in [2.45, 2.75) is 12.8 Å². The number of hydrogen-bond acceptors (Lipinski definition) is 3. The van der Waals surface area contributed by atoms with E-state index in [0.717, 1.165) is 26.1 Å². The summed E-state index contributed by atoms with van der Waals surface area (Å²) in [6.45, 7) is 3.32. The van der Waals surface area contributed by atoms with Crippen LogP contribution < -0.4 is 10.6 Å². The maximum Gasteiger partial charge on any atom is 0.238 e. The van der Waals surface area contributed by atoms with E-state index in [2.05, 4.69) is 15.5 Å². The SMILES string of the molecule is CNCC1CCCN(CC(=O)Nc2cccc(Cl)c2Cl)C1. The van der Waals surface area contributed by atoms with E-state index in [9.17, 15) is 4.79 Å². The number of carbonyl (C=O) groups is 1. The zero-order valence-electron chi connectivity index (χ0n) is 12.2. The summed E-state index contributed by atoms with van der Waals surface area (Å²) in [5.41, 5.74) is 0.568. The van der Waals surface area contributed by atoms with Gasteiger partial charge in [0.05, 0.1) is 22.3 Å². The minimum Gasteiger partial charge on any atom is -0.324 e. The molecule has 0 aromatic heterocycles. The first kappa shape index (κ1) is 16.6. The molecule has 1 fully saturated rings. The molecule has 21 heavy (non-hydrogen) atoms. The quantitative estimate of drug-likeness (QED) is 0.873. The average molecular weight is 330 g/mol. The molecule has 1 aliphatic heterocycles. The molecule has 2 rings (SSSR count). The molecule has 4 nitrogen and oxygen atoms in total. The van der Waals surface area contributed by atoms with Crippen LogP contribution in [-0.4, -0.2) is 44.0 Å². The number of rotatable bonds is 5. The number of hydrogen-bond donors (Lipinski definition) is 2. The lowest BCUT2D eigenvalue weighted by molar-refractivity contribution is -0.117. The summed E-state index contributed by atoms with van der Waals surface area (Å²) in [5, 5.41) is 6.87. The maximum atomic E-state index is 12.1. The Labute approximate surface area is 135 Å². The molecule has 1 saturated heterocycles. The number of benzene rings is 1. The molecule has 1 heterocycles. The molecular formula is C15H21Cl2N3O. The van der Waals surface area contributed by atoms with E-state index < -0.39 is 0 Å². The lowest BCUT2D eigenvalue weighted by Gasteiger charge is -2.32. The minimum atomic E-state index is -0.0516. The maximum absolute atomic E-state index is 12.1.